The summed E-state index contributed by atoms with van der Waals surface area (Å²) in [4.78, 5) is 12.7. The van der Waals surface area contributed by atoms with E-state index >= 15 is 0 Å². The van der Waals surface area contributed by atoms with Crippen LogP contribution in [-0.4, -0.2) is 34.6 Å². The fourth-order valence-corrected chi connectivity index (χ4v) is 4.34. The van der Waals surface area contributed by atoms with Crippen molar-refractivity contribution < 1.29 is 22.7 Å². The van der Waals surface area contributed by atoms with Gasteiger partial charge < -0.3 is 14.8 Å². The number of hydrogen-bond acceptors (Lipinski definition) is 5. The van der Waals surface area contributed by atoms with Gasteiger partial charge >= 0.3 is 0 Å². The first kappa shape index (κ1) is 19.7. The highest BCUT2D eigenvalue weighted by Gasteiger charge is 2.28. The molecular weight excluding hydrogens is 436 g/mol. The number of halogens is 1. The highest BCUT2D eigenvalue weighted by atomic mass is 79.9. The van der Waals surface area contributed by atoms with Crippen LogP contribution in [0.25, 0.3) is 0 Å². The molecule has 27 heavy (non-hydrogen) atoms. The van der Waals surface area contributed by atoms with E-state index in [1.54, 1.807) is 24.3 Å². The summed E-state index contributed by atoms with van der Waals surface area (Å²) in [5.74, 6) is 0.484. The molecule has 2 N–H and O–H groups in total. The average molecular weight is 455 g/mol. The lowest BCUT2D eigenvalue weighted by molar-refractivity contribution is 0.102. The van der Waals surface area contributed by atoms with E-state index < -0.39 is 15.9 Å². The molecule has 1 aliphatic rings. The lowest BCUT2D eigenvalue weighted by atomic mass is 10.1. The van der Waals surface area contributed by atoms with Crippen LogP contribution in [-0.2, 0) is 10.0 Å². The summed E-state index contributed by atoms with van der Waals surface area (Å²) < 4.78 is 38.4. The maximum atomic E-state index is 12.6. The molecule has 1 saturated carbocycles. The fraction of sp³-hybridized carbons (Fsp3) is 0.278. The molecule has 0 atom stereocenters. The summed E-state index contributed by atoms with van der Waals surface area (Å²) >= 11 is 3.35. The molecule has 2 aromatic rings. The first-order valence-electron chi connectivity index (χ1n) is 8.19. The van der Waals surface area contributed by atoms with E-state index in [1.807, 2.05) is 0 Å². The number of nitrogens with one attached hydrogen (secondary N) is 2. The van der Waals surface area contributed by atoms with Crippen LogP contribution < -0.4 is 19.5 Å². The second-order valence-electron chi connectivity index (χ2n) is 6.07. The molecule has 9 heteroatoms. The third-order valence-corrected chi connectivity index (χ3v) is 6.31. The maximum Gasteiger partial charge on any atom is 0.255 e. The standard InChI is InChI=1S/C18H19BrN2O5S/c1-25-15-8-11(9-16(26-2)17(15)19)18(22)20-13-4-3-5-14(10-13)27(23,24)21-12-6-7-12/h3-5,8-10,12,21H,6-7H2,1-2H3,(H,20,22). The molecule has 0 heterocycles. The number of hydrogen-bond donors (Lipinski definition) is 2. The zero-order valence-electron chi connectivity index (χ0n) is 14.8. The van der Waals surface area contributed by atoms with Crippen LogP contribution in [0.4, 0.5) is 5.69 Å². The minimum atomic E-state index is -3.59. The van der Waals surface area contributed by atoms with Crippen LogP contribution in [0.3, 0.4) is 0 Å². The largest absolute Gasteiger partial charge is 0.495 e. The molecule has 1 amide bonds. The van der Waals surface area contributed by atoms with Gasteiger partial charge in [0, 0.05) is 17.3 Å². The Labute approximate surface area is 166 Å². The quantitative estimate of drug-likeness (QED) is 0.669. The molecular formula is C18H19BrN2O5S. The summed E-state index contributed by atoms with van der Waals surface area (Å²) in [6, 6.07) is 9.27. The van der Waals surface area contributed by atoms with E-state index in [0.29, 0.717) is 27.2 Å². The Morgan fingerprint density at radius 1 is 1.11 bits per heavy atom. The SMILES string of the molecule is COc1cc(C(=O)Nc2cccc(S(=O)(=O)NC3CC3)c2)cc(OC)c1Br. The molecule has 0 unspecified atom stereocenters. The van der Waals surface area contributed by atoms with Crippen molar-refractivity contribution in [2.45, 2.75) is 23.8 Å². The fourth-order valence-electron chi connectivity index (χ4n) is 2.43. The molecule has 7 nitrogen and oxygen atoms in total. The molecule has 0 bridgehead atoms. The predicted molar refractivity (Wildman–Crippen MR) is 105 cm³/mol. The van der Waals surface area contributed by atoms with Crippen LogP contribution in [0.2, 0.25) is 0 Å². The summed E-state index contributed by atoms with van der Waals surface area (Å²) in [7, 11) is -0.617. The smallest absolute Gasteiger partial charge is 0.255 e. The Hall–Kier alpha value is -2.10. The number of carbonyl (C=O) groups excluding carboxylic acids is 1. The van der Waals surface area contributed by atoms with Crippen LogP contribution in [0, 0.1) is 0 Å². The van der Waals surface area contributed by atoms with Crippen LogP contribution in [0.5, 0.6) is 11.5 Å². The second-order valence-corrected chi connectivity index (χ2v) is 8.58. The van der Waals surface area contributed by atoms with Gasteiger partial charge in [0.2, 0.25) is 10.0 Å². The van der Waals surface area contributed by atoms with E-state index in [0.717, 1.165) is 12.8 Å². The highest BCUT2D eigenvalue weighted by molar-refractivity contribution is 9.10. The number of carbonyl (C=O) groups is 1. The Kier molecular flexibility index (Phi) is 5.73. The highest BCUT2D eigenvalue weighted by Crippen LogP contribution is 2.35. The summed E-state index contributed by atoms with van der Waals surface area (Å²) in [5.41, 5.74) is 0.691. The molecule has 3 rings (SSSR count). The van der Waals surface area contributed by atoms with Crippen molar-refractivity contribution in [3.8, 4) is 11.5 Å². The van der Waals surface area contributed by atoms with E-state index in [9.17, 15) is 13.2 Å². The molecule has 0 aliphatic heterocycles. The van der Waals surface area contributed by atoms with Crippen molar-refractivity contribution in [3.05, 3.63) is 46.4 Å². The number of rotatable bonds is 7. The number of methoxy groups -OCH3 is 2. The van der Waals surface area contributed by atoms with Gasteiger partial charge in [-0.05, 0) is 59.1 Å². The summed E-state index contributed by atoms with van der Waals surface area (Å²) in [5, 5.41) is 2.70. The topological polar surface area (TPSA) is 93.7 Å². The molecule has 0 aromatic heterocycles. The van der Waals surface area contributed by atoms with Gasteiger partial charge in [0.25, 0.3) is 5.91 Å². The zero-order valence-corrected chi connectivity index (χ0v) is 17.2. The van der Waals surface area contributed by atoms with Gasteiger partial charge in [-0.1, -0.05) is 6.07 Å². The third kappa shape index (κ3) is 4.60. The molecule has 0 radical (unpaired) electrons. The van der Waals surface area contributed by atoms with E-state index in [4.69, 9.17) is 9.47 Å². The first-order chi connectivity index (χ1) is 12.8. The van der Waals surface area contributed by atoms with E-state index in [2.05, 4.69) is 26.0 Å². The summed E-state index contributed by atoms with van der Waals surface area (Å²) in [6.07, 6.45) is 1.70. The minimum Gasteiger partial charge on any atom is -0.495 e. The number of amides is 1. The number of anilines is 1. The Bertz CT molecular complexity index is 948. The molecule has 0 spiro atoms. The molecule has 2 aromatic carbocycles. The van der Waals surface area contributed by atoms with E-state index in [1.165, 1.54) is 26.4 Å². The van der Waals surface area contributed by atoms with Crippen molar-refractivity contribution in [1.29, 1.82) is 0 Å². The lowest BCUT2D eigenvalue weighted by Crippen LogP contribution is -2.25. The van der Waals surface area contributed by atoms with Crippen LogP contribution in [0.1, 0.15) is 23.2 Å². The lowest BCUT2D eigenvalue weighted by Gasteiger charge is -2.12. The van der Waals surface area contributed by atoms with Gasteiger partial charge in [-0.3, -0.25) is 4.79 Å². The van der Waals surface area contributed by atoms with Crippen LogP contribution in [0.15, 0.2) is 45.8 Å². The Balaban J connectivity index is 1.83. The molecule has 1 aliphatic carbocycles. The van der Waals surface area contributed by atoms with Gasteiger partial charge in [-0.25, -0.2) is 13.1 Å². The van der Waals surface area contributed by atoms with Gasteiger partial charge in [-0.15, -0.1) is 0 Å². The van der Waals surface area contributed by atoms with Crippen LogP contribution >= 0.6 is 15.9 Å². The van der Waals surface area contributed by atoms with Gasteiger partial charge in [0.15, 0.2) is 0 Å². The average Bonchev–Trinajstić information content (AvgIpc) is 3.45. The maximum absolute atomic E-state index is 12.6. The van der Waals surface area contributed by atoms with Crippen molar-refractivity contribution in [3.63, 3.8) is 0 Å². The zero-order chi connectivity index (χ0) is 19.6. The Morgan fingerprint density at radius 2 is 1.74 bits per heavy atom. The first-order valence-corrected chi connectivity index (χ1v) is 10.5. The molecule has 0 saturated heterocycles. The molecule has 144 valence electrons. The predicted octanol–water partition coefficient (Wildman–Crippen LogP) is 3.16. The monoisotopic (exact) mass is 454 g/mol. The van der Waals surface area contributed by atoms with Crippen molar-refractivity contribution in [2.75, 3.05) is 19.5 Å². The Morgan fingerprint density at radius 3 is 2.30 bits per heavy atom. The minimum absolute atomic E-state index is 0.0101. The van der Waals surface area contributed by atoms with E-state index in [-0.39, 0.29) is 10.9 Å². The third-order valence-electron chi connectivity index (χ3n) is 4.01. The van der Waals surface area contributed by atoms with Gasteiger partial charge in [-0.2, -0.15) is 0 Å². The van der Waals surface area contributed by atoms with Crippen molar-refractivity contribution in [1.82, 2.24) is 4.72 Å². The number of ether oxygens (including phenoxy) is 2. The number of sulfonamides is 1. The van der Waals surface area contributed by atoms with Crippen molar-refractivity contribution >= 4 is 37.5 Å². The van der Waals surface area contributed by atoms with Gasteiger partial charge in [0.05, 0.1) is 19.1 Å². The normalized spacial score (nSPS) is 13.9. The number of benzene rings is 2. The second kappa shape index (κ2) is 7.87. The van der Waals surface area contributed by atoms with Crippen molar-refractivity contribution in [2.24, 2.45) is 0 Å². The molecule has 1 fully saturated rings. The van der Waals surface area contributed by atoms with Gasteiger partial charge in [0.1, 0.15) is 16.0 Å². The summed E-state index contributed by atoms with van der Waals surface area (Å²) in [6.45, 7) is 0.